The average molecular weight is 404 g/mol. The molecule has 2 aromatic rings. The van der Waals surface area contributed by atoms with Crippen molar-refractivity contribution in [2.24, 2.45) is 0 Å². The van der Waals surface area contributed by atoms with Gasteiger partial charge >= 0.3 is 6.03 Å². The first kappa shape index (κ1) is 20.1. The maximum Gasteiger partial charge on any atom is 0.317 e. The van der Waals surface area contributed by atoms with Crippen molar-refractivity contribution in [3.05, 3.63) is 53.7 Å². The summed E-state index contributed by atoms with van der Waals surface area (Å²) >= 11 is 0. The van der Waals surface area contributed by atoms with E-state index in [1.807, 2.05) is 13.0 Å². The lowest BCUT2D eigenvalue weighted by atomic mass is 10.2. The number of pyridine rings is 1. The molecule has 1 aliphatic heterocycles. The van der Waals surface area contributed by atoms with Gasteiger partial charge in [0.2, 0.25) is 15.9 Å². The van der Waals surface area contributed by atoms with E-state index < -0.39 is 10.0 Å². The highest BCUT2D eigenvalue weighted by Gasteiger charge is 2.29. The van der Waals surface area contributed by atoms with Gasteiger partial charge in [-0.15, -0.1) is 0 Å². The molecular formula is C19H24N4O4S. The van der Waals surface area contributed by atoms with Crippen molar-refractivity contribution in [2.45, 2.75) is 18.4 Å². The van der Waals surface area contributed by atoms with Gasteiger partial charge in [-0.2, -0.15) is 4.31 Å². The Kier molecular flexibility index (Phi) is 6.15. The summed E-state index contributed by atoms with van der Waals surface area (Å²) in [7, 11) is -1.99. The average Bonchev–Trinajstić information content (AvgIpc) is 2.73. The van der Waals surface area contributed by atoms with E-state index in [-0.39, 0.29) is 24.0 Å². The summed E-state index contributed by atoms with van der Waals surface area (Å²) in [5, 5.41) is 2.84. The lowest BCUT2D eigenvalue weighted by Crippen LogP contribution is -2.52. The first-order valence-corrected chi connectivity index (χ1v) is 10.4. The van der Waals surface area contributed by atoms with Crippen molar-refractivity contribution >= 4 is 16.1 Å². The number of aryl methyl sites for hydroxylation is 1. The molecule has 2 heterocycles. The van der Waals surface area contributed by atoms with Crippen LogP contribution in [0.25, 0.3) is 0 Å². The number of sulfonamides is 1. The van der Waals surface area contributed by atoms with Crippen LogP contribution in [0.3, 0.4) is 0 Å². The largest absolute Gasteiger partial charge is 0.481 e. The van der Waals surface area contributed by atoms with Gasteiger partial charge in [0, 0.05) is 45.0 Å². The lowest BCUT2D eigenvalue weighted by Gasteiger charge is -2.34. The Labute approximate surface area is 165 Å². The fraction of sp³-hybridized carbons (Fsp3) is 0.368. The zero-order valence-corrected chi connectivity index (χ0v) is 16.8. The SMILES string of the molecule is COc1ccc(CNC(=O)N2CCN(S(=O)(=O)c3ccc(C)cc3)CC2)cn1. The normalized spacial score (nSPS) is 15.3. The van der Waals surface area contributed by atoms with Crippen LogP contribution in [-0.2, 0) is 16.6 Å². The van der Waals surface area contributed by atoms with Crippen LogP contribution >= 0.6 is 0 Å². The molecule has 0 radical (unpaired) electrons. The van der Waals surface area contributed by atoms with E-state index in [2.05, 4.69) is 10.3 Å². The third-order valence-electron chi connectivity index (χ3n) is 4.64. The second kappa shape index (κ2) is 8.57. The van der Waals surface area contributed by atoms with Gasteiger partial charge in [-0.05, 0) is 24.6 Å². The minimum Gasteiger partial charge on any atom is -0.481 e. The van der Waals surface area contributed by atoms with Crippen molar-refractivity contribution in [1.29, 1.82) is 0 Å². The van der Waals surface area contributed by atoms with Crippen molar-refractivity contribution in [2.75, 3.05) is 33.3 Å². The summed E-state index contributed by atoms with van der Waals surface area (Å²) in [5.74, 6) is 0.515. The molecule has 1 aliphatic rings. The number of piperazine rings is 1. The first-order chi connectivity index (χ1) is 13.4. The highest BCUT2D eigenvalue weighted by Crippen LogP contribution is 2.18. The highest BCUT2D eigenvalue weighted by atomic mass is 32.2. The minimum absolute atomic E-state index is 0.219. The Morgan fingerprint density at radius 3 is 2.36 bits per heavy atom. The number of amides is 2. The predicted molar refractivity (Wildman–Crippen MR) is 105 cm³/mol. The highest BCUT2D eigenvalue weighted by molar-refractivity contribution is 7.89. The van der Waals surface area contributed by atoms with Crippen molar-refractivity contribution in [1.82, 2.24) is 19.5 Å². The zero-order valence-electron chi connectivity index (χ0n) is 16.0. The van der Waals surface area contributed by atoms with Crippen LogP contribution in [0.2, 0.25) is 0 Å². The topological polar surface area (TPSA) is 91.8 Å². The summed E-state index contributed by atoms with van der Waals surface area (Å²) < 4.78 is 31.9. The summed E-state index contributed by atoms with van der Waals surface area (Å²) in [6.45, 7) is 3.49. The number of ether oxygens (including phenoxy) is 1. The second-order valence-electron chi connectivity index (χ2n) is 6.57. The number of carbonyl (C=O) groups excluding carboxylic acids is 1. The van der Waals surface area contributed by atoms with Crippen LogP contribution in [0.15, 0.2) is 47.5 Å². The van der Waals surface area contributed by atoms with E-state index in [9.17, 15) is 13.2 Å². The molecule has 1 aromatic carbocycles. The predicted octanol–water partition coefficient (Wildman–Crippen LogP) is 1.61. The molecule has 0 saturated carbocycles. The van der Waals surface area contributed by atoms with E-state index in [0.29, 0.717) is 25.5 Å². The number of hydrogen-bond donors (Lipinski definition) is 1. The standard InChI is InChI=1S/C19H24N4O4S/c1-15-3-6-17(7-4-15)28(25,26)23-11-9-22(10-12-23)19(24)21-14-16-5-8-18(27-2)20-13-16/h3-8,13H,9-12,14H2,1-2H3,(H,21,24). The maximum absolute atomic E-state index is 12.7. The number of aromatic nitrogens is 1. The fourth-order valence-electron chi connectivity index (χ4n) is 2.92. The monoisotopic (exact) mass is 404 g/mol. The Hall–Kier alpha value is -2.65. The summed E-state index contributed by atoms with van der Waals surface area (Å²) in [4.78, 5) is 18.4. The molecule has 28 heavy (non-hydrogen) atoms. The van der Waals surface area contributed by atoms with Crippen LogP contribution in [0, 0.1) is 6.92 Å². The Morgan fingerprint density at radius 1 is 1.11 bits per heavy atom. The van der Waals surface area contributed by atoms with Crippen molar-refractivity contribution < 1.29 is 17.9 Å². The summed E-state index contributed by atoms with van der Waals surface area (Å²) in [5.41, 5.74) is 1.86. The van der Waals surface area contributed by atoms with Gasteiger partial charge in [0.1, 0.15) is 0 Å². The molecule has 0 bridgehead atoms. The molecule has 1 N–H and O–H groups in total. The molecule has 150 valence electrons. The lowest BCUT2D eigenvalue weighted by molar-refractivity contribution is 0.172. The van der Waals surface area contributed by atoms with Crippen LogP contribution in [-0.4, -0.2) is 61.9 Å². The van der Waals surface area contributed by atoms with E-state index in [1.165, 1.54) is 4.31 Å². The number of hydrogen-bond acceptors (Lipinski definition) is 5. The molecule has 1 aromatic heterocycles. The number of benzene rings is 1. The minimum atomic E-state index is -3.53. The van der Waals surface area contributed by atoms with E-state index in [0.717, 1.165) is 11.1 Å². The molecule has 1 fully saturated rings. The molecule has 1 saturated heterocycles. The molecule has 0 aliphatic carbocycles. The second-order valence-corrected chi connectivity index (χ2v) is 8.51. The van der Waals surface area contributed by atoms with Crippen LogP contribution < -0.4 is 10.1 Å². The molecule has 9 heteroatoms. The molecule has 0 spiro atoms. The van der Waals surface area contributed by atoms with Crippen LogP contribution in [0.1, 0.15) is 11.1 Å². The third kappa shape index (κ3) is 4.60. The number of nitrogens with zero attached hydrogens (tertiary/aromatic N) is 3. The van der Waals surface area contributed by atoms with E-state index in [1.54, 1.807) is 48.5 Å². The molecule has 0 atom stereocenters. The van der Waals surface area contributed by atoms with E-state index in [4.69, 9.17) is 4.74 Å². The van der Waals surface area contributed by atoms with Gasteiger partial charge < -0.3 is 15.0 Å². The van der Waals surface area contributed by atoms with E-state index >= 15 is 0 Å². The summed E-state index contributed by atoms with van der Waals surface area (Å²) in [6.07, 6.45) is 1.64. The van der Waals surface area contributed by atoms with Gasteiger partial charge in [-0.3, -0.25) is 0 Å². The molecule has 2 amide bonds. The number of rotatable bonds is 5. The van der Waals surface area contributed by atoms with Crippen molar-refractivity contribution in [3.8, 4) is 5.88 Å². The number of nitrogens with one attached hydrogen (secondary N) is 1. The quantitative estimate of drug-likeness (QED) is 0.818. The zero-order chi connectivity index (χ0) is 20.1. The van der Waals surface area contributed by atoms with Gasteiger partial charge in [-0.1, -0.05) is 23.8 Å². The van der Waals surface area contributed by atoms with Gasteiger partial charge in [-0.25, -0.2) is 18.2 Å². The number of methoxy groups -OCH3 is 1. The molecular weight excluding hydrogens is 380 g/mol. The van der Waals surface area contributed by atoms with Gasteiger partial charge in [0.05, 0.1) is 12.0 Å². The molecule has 0 unspecified atom stereocenters. The van der Waals surface area contributed by atoms with Crippen LogP contribution in [0.5, 0.6) is 5.88 Å². The number of urea groups is 1. The van der Waals surface area contributed by atoms with Gasteiger partial charge in [0.15, 0.2) is 0 Å². The Bertz CT molecular complexity index is 906. The summed E-state index contributed by atoms with van der Waals surface area (Å²) in [6, 6.07) is 10.1. The Morgan fingerprint density at radius 2 is 1.79 bits per heavy atom. The maximum atomic E-state index is 12.7. The molecule has 8 nitrogen and oxygen atoms in total. The smallest absolute Gasteiger partial charge is 0.317 e. The number of carbonyl (C=O) groups is 1. The molecule has 3 rings (SSSR count). The third-order valence-corrected chi connectivity index (χ3v) is 6.55. The van der Waals surface area contributed by atoms with Crippen molar-refractivity contribution in [3.63, 3.8) is 0 Å². The van der Waals surface area contributed by atoms with Crippen LogP contribution in [0.4, 0.5) is 4.79 Å². The first-order valence-electron chi connectivity index (χ1n) is 8.98. The Balaban J connectivity index is 1.52. The fourth-order valence-corrected chi connectivity index (χ4v) is 4.34. The van der Waals surface area contributed by atoms with Gasteiger partial charge in [0.25, 0.3) is 0 Å².